The molecule has 2 saturated heterocycles. The Balaban J connectivity index is 1.57. The summed E-state index contributed by atoms with van der Waals surface area (Å²) in [5.41, 5.74) is 5.83. The number of carbonyl (C=O) groups is 3. The third-order valence-corrected chi connectivity index (χ3v) is 6.78. The molecular formula is C20H24F3N3O4S. The number of hydrogen-bond acceptors (Lipinski definition) is 5. The van der Waals surface area contributed by atoms with Crippen LogP contribution in [0.5, 0.6) is 0 Å². The van der Waals surface area contributed by atoms with Crippen molar-refractivity contribution >= 4 is 29.5 Å². The van der Waals surface area contributed by atoms with Gasteiger partial charge in [0.05, 0.1) is 5.92 Å². The van der Waals surface area contributed by atoms with Gasteiger partial charge in [0.2, 0.25) is 5.91 Å². The van der Waals surface area contributed by atoms with Gasteiger partial charge in [0.15, 0.2) is 17.0 Å². The molecule has 11 heteroatoms. The molecule has 1 unspecified atom stereocenters. The van der Waals surface area contributed by atoms with Crippen molar-refractivity contribution in [2.24, 2.45) is 11.7 Å². The van der Waals surface area contributed by atoms with Crippen molar-refractivity contribution in [3.8, 4) is 0 Å². The van der Waals surface area contributed by atoms with Gasteiger partial charge in [-0.2, -0.15) is 0 Å². The summed E-state index contributed by atoms with van der Waals surface area (Å²) in [6.45, 7) is 1.01. The van der Waals surface area contributed by atoms with Gasteiger partial charge in [0.1, 0.15) is 5.82 Å². The molecule has 170 valence electrons. The molecular weight excluding hydrogens is 435 g/mol. The number of hydrogen-bond donors (Lipinski definition) is 2. The highest BCUT2D eigenvalue weighted by atomic mass is 32.2. The first kappa shape index (κ1) is 23.4. The third kappa shape index (κ3) is 5.51. The van der Waals surface area contributed by atoms with Crippen molar-refractivity contribution in [2.45, 2.75) is 37.1 Å². The van der Waals surface area contributed by atoms with E-state index in [0.29, 0.717) is 44.3 Å². The molecule has 2 heterocycles. The normalized spacial score (nSPS) is 20.7. The molecule has 0 bridgehead atoms. The molecule has 1 aromatic carbocycles. The van der Waals surface area contributed by atoms with E-state index in [4.69, 9.17) is 10.8 Å². The van der Waals surface area contributed by atoms with Crippen LogP contribution in [0.15, 0.2) is 12.1 Å². The Morgan fingerprint density at radius 3 is 2.39 bits per heavy atom. The van der Waals surface area contributed by atoms with Crippen molar-refractivity contribution in [2.75, 3.05) is 25.4 Å². The monoisotopic (exact) mass is 459 g/mol. The predicted octanol–water partition coefficient (Wildman–Crippen LogP) is 1.59. The lowest BCUT2D eigenvalue weighted by Crippen LogP contribution is -2.50. The number of likely N-dealkylation sites (tertiary alicyclic amines) is 1. The van der Waals surface area contributed by atoms with E-state index in [1.807, 2.05) is 0 Å². The summed E-state index contributed by atoms with van der Waals surface area (Å²) in [7, 11) is 0. The Morgan fingerprint density at radius 1 is 1.10 bits per heavy atom. The summed E-state index contributed by atoms with van der Waals surface area (Å²) in [6.07, 6.45) is 0.412. The van der Waals surface area contributed by atoms with E-state index in [-0.39, 0.29) is 30.2 Å². The number of piperidine rings is 1. The van der Waals surface area contributed by atoms with Crippen molar-refractivity contribution < 1.29 is 32.7 Å². The van der Waals surface area contributed by atoms with Crippen molar-refractivity contribution in [1.29, 1.82) is 0 Å². The topological polar surface area (TPSA) is 104 Å². The number of carbonyl (C=O) groups excluding carboxylic acids is 2. The maximum atomic E-state index is 13.8. The number of nitrogens with zero attached hydrogens (tertiary/aromatic N) is 2. The summed E-state index contributed by atoms with van der Waals surface area (Å²) in [5.74, 6) is -4.80. The van der Waals surface area contributed by atoms with Crippen LogP contribution in [0.1, 0.15) is 24.8 Å². The molecule has 0 saturated carbocycles. The van der Waals surface area contributed by atoms with Crippen LogP contribution in [-0.2, 0) is 20.8 Å². The van der Waals surface area contributed by atoms with E-state index >= 15 is 0 Å². The second-order valence-corrected chi connectivity index (χ2v) is 8.96. The SMILES string of the molecule is N[C@@H](CC(=O)N1CCSC1C(=O)N1CCC(C(=O)O)CC1)Cc1cc(F)c(F)cc1F. The predicted molar refractivity (Wildman–Crippen MR) is 108 cm³/mol. The van der Waals surface area contributed by atoms with Crippen LogP contribution in [0.4, 0.5) is 13.2 Å². The zero-order valence-corrected chi connectivity index (χ0v) is 17.5. The van der Waals surface area contributed by atoms with Crippen molar-refractivity contribution in [3.05, 3.63) is 35.1 Å². The molecule has 0 aliphatic carbocycles. The van der Waals surface area contributed by atoms with Gasteiger partial charge in [-0.1, -0.05) is 0 Å². The van der Waals surface area contributed by atoms with E-state index in [2.05, 4.69) is 0 Å². The summed E-state index contributed by atoms with van der Waals surface area (Å²) in [4.78, 5) is 39.7. The summed E-state index contributed by atoms with van der Waals surface area (Å²) < 4.78 is 40.3. The third-order valence-electron chi connectivity index (χ3n) is 5.59. The van der Waals surface area contributed by atoms with Crippen molar-refractivity contribution in [3.63, 3.8) is 0 Å². The zero-order valence-electron chi connectivity index (χ0n) is 16.7. The fourth-order valence-corrected chi connectivity index (χ4v) is 5.07. The minimum atomic E-state index is -1.30. The Morgan fingerprint density at radius 2 is 1.74 bits per heavy atom. The second kappa shape index (κ2) is 9.90. The highest BCUT2D eigenvalue weighted by Crippen LogP contribution is 2.28. The average molecular weight is 459 g/mol. The molecule has 3 rings (SSSR count). The van der Waals surface area contributed by atoms with Crippen LogP contribution in [0.25, 0.3) is 0 Å². The number of halogens is 3. The van der Waals surface area contributed by atoms with Gasteiger partial charge < -0.3 is 20.6 Å². The number of carboxylic acid groups (broad SMARTS) is 1. The number of amides is 2. The smallest absolute Gasteiger partial charge is 0.306 e. The highest BCUT2D eigenvalue weighted by Gasteiger charge is 2.39. The Kier molecular flexibility index (Phi) is 7.47. The molecule has 0 spiro atoms. The minimum absolute atomic E-state index is 0.121. The number of aliphatic carboxylic acids is 1. The van der Waals surface area contributed by atoms with Crippen LogP contribution in [0, 0.1) is 23.4 Å². The average Bonchev–Trinajstić information content (AvgIpc) is 3.21. The fourth-order valence-electron chi connectivity index (χ4n) is 3.85. The van der Waals surface area contributed by atoms with Gasteiger partial charge in [-0.3, -0.25) is 14.4 Å². The molecule has 0 aromatic heterocycles. The van der Waals surface area contributed by atoms with E-state index in [1.54, 1.807) is 4.90 Å². The number of benzene rings is 1. The largest absolute Gasteiger partial charge is 0.481 e. The van der Waals surface area contributed by atoms with Gasteiger partial charge in [0.25, 0.3) is 5.91 Å². The van der Waals surface area contributed by atoms with Crippen LogP contribution in [0.2, 0.25) is 0 Å². The van der Waals surface area contributed by atoms with Crippen molar-refractivity contribution in [1.82, 2.24) is 9.80 Å². The lowest BCUT2D eigenvalue weighted by Gasteiger charge is -2.34. The molecule has 1 aromatic rings. The maximum absolute atomic E-state index is 13.8. The molecule has 0 radical (unpaired) electrons. The van der Waals surface area contributed by atoms with Crippen LogP contribution >= 0.6 is 11.8 Å². The molecule has 7 nitrogen and oxygen atoms in total. The second-order valence-electron chi connectivity index (χ2n) is 7.77. The van der Waals surface area contributed by atoms with Gasteiger partial charge in [-0.05, 0) is 30.9 Å². The van der Waals surface area contributed by atoms with E-state index < -0.39 is 40.8 Å². The van der Waals surface area contributed by atoms with Gasteiger partial charge in [-0.25, -0.2) is 13.2 Å². The van der Waals surface area contributed by atoms with Crippen LogP contribution in [-0.4, -0.2) is 69.5 Å². The van der Waals surface area contributed by atoms with E-state index in [1.165, 1.54) is 16.7 Å². The Bertz CT molecular complexity index is 864. The van der Waals surface area contributed by atoms with E-state index in [9.17, 15) is 27.6 Å². The molecule has 2 aliphatic heterocycles. The fraction of sp³-hybridized carbons (Fsp3) is 0.550. The zero-order chi connectivity index (χ0) is 22.7. The lowest BCUT2D eigenvalue weighted by atomic mass is 9.97. The minimum Gasteiger partial charge on any atom is -0.481 e. The first-order valence-electron chi connectivity index (χ1n) is 9.99. The van der Waals surface area contributed by atoms with Gasteiger partial charge >= 0.3 is 5.97 Å². The number of carboxylic acids is 1. The van der Waals surface area contributed by atoms with Crippen LogP contribution in [0.3, 0.4) is 0 Å². The molecule has 2 fully saturated rings. The molecule has 3 N–H and O–H groups in total. The lowest BCUT2D eigenvalue weighted by molar-refractivity contribution is -0.147. The molecule has 2 aliphatic rings. The Labute approximate surface area is 181 Å². The maximum Gasteiger partial charge on any atom is 0.306 e. The summed E-state index contributed by atoms with van der Waals surface area (Å²) >= 11 is 1.33. The molecule has 31 heavy (non-hydrogen) atoms. The Hall–Kier alpha value is -2.27. The first-order chi connectivity index (χ1) is 14.7. The quantitative estimate of drug-likeness (QED) is 0.627. The number of nitrogens with two attached hydrogens (primary N) is 1. The molecule has 2 atom stereocenters. The van der Waals surface area contributed by atoms with Gasteiger partial charge in [0, 0.05) is 43.9 Å². The first-order valence-corrected chi connectivity index (χ1v) is 11.0. The van der Waals surface area contributed by atoms with Crippen LogP contribution < -0.4 is 5.73 Å². The highest BCUT2D eigenvalue weighted by molar-refractivity contribution is 8.00. The standard InChI is InChI=1S/C20H24F3N3O4S/c21-14-10-16(23)15(22)8-12(14)7-13(24)9-17(27)26-5-6-31-19(26)18(28)25-3-1-11(2-4-25)20(29)30/h8,10-11,13,19H,1-7,9,24H2,(H,29,30)/t13-,19?/m1/s1. The van der Waals surface area contributed by atoms with E-state index in [0.717, 1.165) is 6.07 Å². The summed E-state index contributed by atoms with van der Waals surface area (Å²) in [5, 5.41) is 8.38. The number of thioether (sulfide) groups is 1. The number of rotatable bonds is 6. The van der Waals surface area contributed by atoms with Gasteiger partial charge in [-0.15, -0.1) is 11.8 Å². The molecule has 2 amide bonds. The summed E-state index contributed by atoms with van der Waals surface area (Å²) in [6, 6.07) is 0.339.